The molecule has 378 valence electrons. The quantitative estimate of drug-likeness (QED) is 0.153. The number of fused-ring (bicyclic) bond motifs is 15. The van der Waals surface area contributed by atoms with Gasteiger partial charge in [-0.05, 0) is 158 Å². The Balaban J connectivity index is 1.22. The van der Waals surface area contributed by atoms with E-state index >= 15 is 0 Å². The van der Waals surface area contributed by atoms with Crippen LogP contribution in [-0.2, 0) is 27.1 Å². The molecule has 0 amide bonds. The van der Waals surface area contributed by atoms with Gasteiger partial charge in [-0.15, -0.1) is 0 Å². The van der Waals surface area contributed by atoms with Crippen LogP contribution < -0.4 is 16.4 Å². The molecule has 5 heterocycles. The fourth-order valence-electron chi connectivity index (χ4n) is 15.2. The van der Waals surface area contributed by atoms with Crippen LogP contribution in [0.25, 0.3) is 99.1 Å². The highest BCUT2D eigenvalue weighted by Gasteiger charge is 2.55. The monoisotopic (exact) mass is 1000 g/mol. The van der Waals surface area contributed by atoms with E-state index in [0.29, 0.717) is 0 Å². The van der Waals surface area contributed by atoms with E-state index in [4.69, 9.17) is 0 Å². The Bertz CT molecular complexity index is 4650. The minimum atomic E-state index is -0.652. The molecule has 0 bridgehead atoms. The first-order valence-electron chi connectivity index (χ1n) is 28.5. The molecule has 10 aromatic carbocycles. The summed E-state index contributed by atoms with van der Waals surface area (Å²) in [5.41, 5.74) is 29.8. The SMILES string of the molecule is CC(C)(C)c1ccc2c(c1)c1cc(C(C)(C)C)cc3c1n2-c1c(-c2cccc4cccc(-c5ccccc5)c24)cc2c4c1B3c1cc(C(C)(C)C)cc3c5cc(C(C)(C)C)cc(c5n-4c13)C21c2ccccc2-c2ccccc21. The van der Waals surface area contributed by atoms with E-state index in [1.54, 1.807) is 0 Å². The molecule has 78 heavy (non-hydrogen) atoms. The summed E-state index contributed by atoms with van der Waals surface area (Å²) in [5.74, 6) is 0. The zero-order valence-corrected chi connectivity index (χ0v) is 47.2. The third kappa shape index (κ3) is 5.75. The molecule has 16 rings (SSSR count). The van der Waals surface area contributed by atoms with Crippen LogP contribution in [0.1, 0.15) is 128 Å². The number of hydrogen-bond acceptors (Lipinski definition) is 0. The highest BCUT2D eigenvalue weighted by Crippen LogP contribution is 2.63. The average molecular weight is 1010 g/mol. The topological polar surface area (TPSA) is 9.86 Å². The van der Waals surface area contributed by atoms with Gasteiger partial charge in [-0.2, -0.15) is 0 Å². The van der Waals surface area contributed by atoms with Gasteiger partial charge in [0, 0.05) is 43.8 Å². The molecular weight excluding hydrogens is 940 g/mol. The molecule has 2 aromatic heterocycles. The van der Waals surface area contributed by atoms with Crippen molar-refractivity contribution in [1.29, 1.82) is 0 Å². The van der Waals surface area contributed by atoms with Gasteiger partial charge in [-0.25, -0.2) is 0 Å². The molecule has 12 aromatic rings. The number of aromatic nitrogens is 2. The highest BCUT2D eigenvalue weighted by atomic mass is 15.1. The smallest absolute Gasteiger partial charge is 0.252 e. The third-order valence-corrected chi connectivity index (χ3v) is 19.0. The summed E-state index contributed by atoms with van der Waals surface area (Å²) in [5, 5.41) is 7.92. The Morgan fingerprint density at radius 1 is 0.346 bits per heavy atom. The van der Waals surface area contributed by atoms with Crippen molar-refractivity contribution in [3.8, 4) is 44.8 Å². The molecular formula is C75H65BN2. The van der Waals surface area contributed by atoms with Gasteiger partial charge in [0.2, 0.25) is 0 Å². The van der Waals surface area contributed by atoms with Crippen LogP contribution in [0.15, 0.2) is 176 Å². The van der Waals surface area contributed by atoms with Crippen LogP contribution in [0.2, 0.25) is 0 Å². The molecule has 3 heteroatoms. The fraction of sp³-hybridized carbons (Fsp3) is 0.227. The maximum atomic E-state index is 2.81. The second-order valence-corrected chi connectivity index (χ2v) is 27.7. The van der Waals surface area contributed by atoms with E-state index in [2.05, 4.69) is 268 Å². The van der Waals surface area contributed by atoms with Gasteiger partial charge < -0.3 is 9.13 Å². The van der Waals surface area contributed by atoms with Crippen LogP contribution in [0.4, 0.5) is 0 Å². The summed E-state index contributed by atoms with van der Waals surface area (Å²) in [6, 6.07) is 69.9. The van der Waals surface area contributed by atoms with Crippen molar-refractivity contribution in [1.82, 2.24) is 9.13 Å². The van der Waals surface area contributed by atoms with Crippen molar-refractivity contribution in [3.05, 3.63) is 220 Å². The lowest BCUT2D eigenvalue weighted by Gasteiger charge is -2.45. The molecule has 0 unspecified atom stereocenters. The third-order valence-electron chi connectivity index (χ3n) is 19.0. The van der Waals surface area contributed by atoms with Gasteiger partial charge in [0.25, 0.3) is 6.71 Å². The van der Waals surface area contributed by atoms with E-state index in [0.717, 1.165) is 0 Å². The normalized spacial score (nSPS) is 14.7. The zero-order chi connectivity index (χ0) is 53.5. The Morgan fingerprint density at radius 2 is 0.846 bits per heavy atom. The minimum absolute atomic E-state index is 0.0337. The van der Waals surface area contributed by atoms with Crippen LogP contribution in [0.5, 0.6) is 0 Å². The molecule has 0 N–H and O–H groups in total. The van der Waals surface area contributed by atoms with Gasteiger partial charge in [-0.3, -0.25) is 0 Å². The molecule has 0 fully saturated rings. The summed E-state index contributed by atoms with van der Waals surface area (Å²) >= 11 is 0. The van der Waals surface area contributed by atoms with Gasteiger partial charge >= 0.3 is 0 Å². The first-order chi connectivity index (χ1) is 37.2. The molecule has 1 spiro atoms. The lowest BCUT2D eigenvalue weighted by Crippen LogP contribution is -2.61. The van der Waals surface area contributed by atoms with E-state index in [1.807, 2.05) is 0 Å². The summed E-state index contributed by atoms with van der Waals surface area (Å²) in [6.45, 7) is 28.7. The lowest BCUT2D eigenvalue weighted by molar-refractivity contribution is 0.588. The van der Waals surface area contributed by atoms with E-state index in [1.165, 1.54) is 160 Å². The van der Waals surface area contributed by atoms with Crippen LogP contribution in [-0.4, -0.2) is 15.8 Å². The van der Waals surface area contributed by atoms with E-state index < -0.39 is 5.41 Å². The van der Waals surface area contributed by atoms with Crippen molar-refractivity contribution < 1.29 is 0 Å². The molecule has 0 saturated heterocycles. The van der Waals surface area contributed by atoms with Crippen molar-refractivity contribution in [2.75, 3.05) is 0 Å². The molecule has 4 aliphatic rings. The van der Waals surface area contributed by atoms with Crippen LogP contribution in [0.3, 0.4) is 0 Å². The Morgan fingerprint density at radius 3 is 1.45 bits per heavy atom. The molecule has 1 aliphatic carbocycles. The predicted octanol–water partition coefficient (Wildman–Crippen LogP) is 17.4. The zero-order valence-electron chi connectivity index (χ0n) is 47.2. The summed E-state index contributed by atoms with van der Waals surface area (Å²) in [6.07, 6.45) is 0. The summed E-state index contributed by atoms with van der Waals surface area (Å²) in [4.78, 5) is 0. The number of hydrogen-bond donors (Lipinski definition) is 0. The van der Waals surface area contributed by atoms with Gasteiger partial charge in [-0.1, -0.05) is 223 Å². The van der Waals surface area contributed by atoms with Crippen LogP contribution in [0, 0.1) is 0 Å². The summed E-state index contributed by atoms with van der Waals surface area (Å²) in [7, 11) is 0. The standard InChI is InChI=1S/C75H65BN2/c1-71(2,3)44-32-33-63-52(34-44)53-36-46(73(7,8)9)39-61-67(53)77(63)69-56(51-29-21-25-43-24-20-28-48(64(43)51)42-22-14-13-15-23-42)41-60-70-65(69)76(61)62-40-47(74(10,11)12)37-55-54-35-45(72(4,5)6)38-59(66(54)78(70)68(55)62)75(60)57-30-18-16-26-49(57)50-27-17-19-31-58(50)75/h13-41H,1-12H3. The Kier molecular flexibility index (Phi) is 8.79. The molecule has 2 nitrogen and oxygen atoms in total. The van der Waals surface area contributed by atoms with Crippen molar-refractivity contribution in [2.45, 2.75) is 110 Å². The molecule has 0 saturated carbocycles. The maximum absolute atomic E-state index is 2.81. The highest BCUT2D eigenvalue weighted by molar-refractivity contribution is 7.00. The van der Waals surface area contributed by atoms with Crippen molar-refractivity contribution >= 4 is 77.5 Å². The van der Waals surface area contributed by atoms with Crippen molar-refractivity contribution in [3.63, 3.8) is 0 Å². The minimum Gasteiger partial charge on any atom is -0.310 e. The first-order valence-corrected chi connectivity index (χ1v) is 28.5. The Labute approximate surface area is 459 Å². The molecule has 3 aliphatic heterocycles. The molecule has 0 radical (unpaired) electrons. The maximum Gasteiger partial charge on any atom is 0.252 e. The van der Waals surface area contributed by atoms with E-state index in [9.17, 15) is 0 Å². The second-order valence-electron chi connectivity index (χ2n) is 27.7. The largest absolute Gasteiger partial charge is 0.310 e. The average Bonchev–Trinajstić information content (AvgIpc) is 1.97. The summed E-state index contributed by atoms with van der Waals surface area (Å²) < 4.78 is 5.58. The lowest BCUT2D eigenvalue weighted by atomic mass is 9.33. The number of rotatable bonds is 2. The predicted molar refractivity (Wildman–Crippen MR) is 334 cm³/mol. The Hall–Kier alpha value is -7.88. The number of benzene rings is 10. The van der Waals surface area contributed by atoms with Gasteiger partial charge in [0.15, 0.2) is 0 Å². The van der Waals surface area contributed by atoms with Gasteiger partial charge in [0.05, 0.1) is 22.1 Å². The van der Waals surface area contributed by atoms with E-state index in [-0.39, 0.29) is 28.4 Å². The first kappa shape index (κ1) is 46.2. The van der Waals surface area contributed by atoms with Crippen LogP contribution >= 0.6 is 0 Å². The molecule has 0 atom stereocenters. The second kappa shape index (κ2) is 14.8. The number of nitrogens with zero attached hydrogens (tertiary/aromatic N) is 2. The van der Waals surface area contributed by atoms with Crippen molar-refractivity contribution in [2.24, 2.45) is 0 Å². The van der Waals surface area contributed by atoms with Gasteiger partial charge in [0.1, 0.15) is 0 Å². The fourth-order valence-corrected chi connectivity index (χ4v) is 15.2.